The van der Waals surface area contributed by atoms with E-state index in [1.807, 2.05) is 67.6 Å². The lowest BCUT2D eigenvalue weighted by Gasteiger charge is -2.25. The van der Waals surface area contributed by atoms with Crippen molar-refractivity contribution >= 4 is 16.9 Å². The number of nitrogens with zero attached hydrogens (tertiary/aromatic N) is 1. The molecule has 5 rings (SSSR count). The average molecular weight is 484 g/mol. The molecule has 0 N–H and O–H groups in total. The zero-order valence-corrected chi connectivity index (χ0v) is 20.7. The van der Waals surface area contributed by atoms with E-state index in [9.17, 15) is 9.59 Å². The van der Waals surface area contributed by atoms with Crippen LogP contribution in [-0.2, 0) is 6.54 Å². The van der Waals surface area contributed by atoms with Crippen LogP contribution < -0.4 is 14.9 Å². The van der Waals surface area contributed by atoms with E-state index in [0.717, 1.165) is 41.0 Å². The Morgan fingerprint density at radius 1 is 0.944 bits per heavy atom. The number of unbranched alkanes of at least 4 members (excludes halogenated alkanes) is 1. The van der Waals surface area contributed by atoms with Crippen molar-refractivity contribution < 1.29 is 18.7 Å². The molecule has 36 heavy (non-hydrogen) atoms. The number of ether oxygens (including phenoxy) is 2. The number of methoxy groups -OCH3 is 1. The Morgan fingerprint density at radius 2 is 1.67 bits per heavy atom. The van der Waals surface area contributed by atoms with E-state index < -0.39 is 6.04 Å². The maximum absolute atomic E-state index is 13.7. The third-order valence-electron chi connectivity index (χ3n) is 6.60. The number of fused-ring (bicyclic) bond motifs is 2. The van der Waals surface area contributed by atoms with Crippen LogP contribution in [0.1, 0.15) is 58.6 Å². The smallest absolute Gasteiger partial charge is 0.291 e. The molecule has 0 spiro atoms. The van der Waals surface area contributed by atoms with Crippen LogP contribution in [0.3, 0.4) is 0 Å². The number of hydrogen-bond donors (Lipinski definition) is 0. The summed E-state index contributed by atoms with van der Waals surface area (Å²) < 4.78 is 17.2. The van der Waals surface area contributed by atoms with Crippen LogP contribution in [0.5, 0.6) is 11.5 Å². The number of carbonyl (C=O) groups excluding carboxylic acids is 1. The molecule has 0 bridgehead atoms. The molecule has 6 heteroatoms. The molecule has 1 aliphatic rings. The second kappa shape index (κ2) is 9.90. The van der Waals surface area contributed by atoms with Crippen molar-refractivity contribution in [1.29, 1.82) is 0 Å². The fraction of sp³-hybridized carbons (Fsp3) is 0.267. The number of hydrogen-bond acceptors (Lipinski definition) is 5. The molecule has 3 aromatic carbocycles. The number of aryl methyl sites for hydroxylation is 1. The predicted octanol–water partition coefficient (Wildman–Crippen LogP) is 6.03. The van der Waals surface area contributed by atoms with Gasteiger partial charge in [-0.1, -0.05) is 49.2 Å². The summed E-state index contributed by atoms with van der Waals surface area (Å²) in [6.07, 6.45) is 2.04. The van der Waals surface area contributed by atoms with E-state index in [-0.39, 0.29) is 17.1 Å². The number of rotatable bonds is 8. The number of carbonyl (C=O) groups is 1. The van der Waals surface area contributed by atoms with Gasteiger partial charge in [0, 0.05) is 6.54 Å². The predicted molar refractivity (Wildman–Crippen MR) is 139 cm³/mol. The largest absolute Gasteiger partial charge is 0.497 e. The maximum atomic E-state index is 13.7. The Balaban J connectivity index is 1.59. The van der Waals surface area contributed by atoms with Gasteiger partial charge in [-0.15, -0.1) is 0 Å². The highest BCUT2D eigenvalue weighted by Gasteiger charge is 2.42. The Bertz CT molecular complexity index is 1450. The van der Waals surface area contributed by atoms with Crippen molar-refractivity contribution in [3.05, 3.63) is 105 Å². The lowest BCUT2D eigenvalue weighted by atomic mass is 9.98. The van der Waals surface area contributed by atoms with E-state index in [2.05, 4.69) is 6.92 Å². The minimum atomic E-state index is -0.569. The van der Waals surface area contributed by atoms with Gasteiger partial charge in [0.1, 0.15) is 17.1 Å². The van der Waals surface area contributed by atoms with Crippen molar-refractivity contribution in [2.24, 2.45) is 0 Å². The van der Waals surface area contributed by atoms with Gasteiger partial charge < -0.3 is 18.8 Å². The molecule has 1 unspecified atom stereocenters. The van der Waals surface area contributed by atoms with E-state index in [0.29, 0.717) is 29.7 Å². The van der Waals surface area contributed by atoms with Gasteiger partial charge in [-0.05, 0) is 60.9 Å². The van der Waals surface area contributed by atoms with Crippen molar-refractivity contribution in [2.75, 3.05) is 13.7 Å². The van der Waals surface area contributed by atoms with Gasteiger partial charge in [0.15, 0.2) is 5.43 Å². The highest BCUT2D eigenvalue weighted by Crippen LogP contribution is 2.39. The summed E-state index contributed by atoms with van der Waals surface area (Å²) in [6, 6.07) is 20.1. The zero-order valence-electron chi connectivity index (χ0n) is 20.7. The Morgan fingerprint density at radius 3 is 2.36 bits per heavy atom. The van der Waals surface area contributed by atoms with Gasteiger partial charge in [-0.2, -0.15) is 0 Å². The second-order valence-electron chi connectivity index (χ2n) is 9.13. The SMILES string of the molecule is CCCCOc1ccc(C2c3c(oc4ccc(C)cc4c3=O)C(=O)N2Cc2ccc(OC)cc2)cc1. The fourth-order valence-electron chi connectivity index (χ4n) is 4.65. The fourth-order valence-corrected chi connectivity index (χ4v) is 4.65. The standard InChI is InChI=1S/C30H29NO5/c1-4-5-16-35-23-13-9-21(10-14-23)27-26-28(32)24-17-19(2)6-15-25(24)36-29(26)30(33)31(27)18-20-7-11-22(34-3)12-8-20/h6-15,17,27H,4-5,16,18H2,1-3H3. The van der Waals surface area contributed by atoms with E-state index in [1.54, 1.807) is 18.1 Å². The average Bonchev–Trinajstić information content (AvgIpc) is 3.17. The van der Waals surface area contributed by atoms with Gasteiger partial charge in [-0.25, -0.2) is 0 Å². The lowest BCUT2D eigenvalue weighted by Crippen LogP contribution is -2.29. The van der Waals surface area contributed by atoms with Crippen molar-refractivity contribution in [3.63, 3.8) is 0 Å². The molecule has 1 aromatic heterocycles. The van der Waals surface area contributed by atoms with Crippen LogP contribution in [0.25, 0.3) is 11.0 Å². The third kappa shape index (κ3) is 4.35. The van der Waals surface area contributed by atoms with E-state index >= 15 is 0 Å². The van der Waals surface area contributed by atoms with Crippen molar-refractivity contribution in [3.8, 4) is 11.5 Å². The molecule has 1 atom stereocenters. The monoisotopic (exact) mass is 483 g/mol. The molecule has 6 nitrogen and oxygen atoms in total. The molecule has 0 radical (unpaired) electrons. The molecule has 0 saturated carbocycles. The van der Waals surface area contributed by atoms with E-state index in [4.69, 9.17) is 13.9 Å². The van der Waals surface area contributed by atoms with Crippen LogP contribution in [0.4, 0.5) is 0 Å². The van der Waals surface area contributed by atoms with Gasteiger partial charge in [0.2, 0.25) is 5.76 Å². The summed E-state index contributed by atoms with van der Waals surface area (Å²) in [5, 5.41) is 0.484. The first-order valence-corrected chi connectivity index (χ1v) is 12.2. The normalized spacial score (nSPS) is 14.8. The van der Waals surface area contributed by atoms with Gasteiger partial charge in [0.05, 0.1) is 30.7 Å². The molecule has 1 amide bonds. The highest BCUT2D eigenvalue weighted by molar-refractivity contribution is 5.99. The quantitative estimate of drug-likeness (QED) is 0.286. The Hall–Kier alpha value is -4.06. The topological polar surface area (TPSA) is 69.0 Å². The molecular formula is C30H29NO5. The van der Waals surface area contributed by atoms with Gasteiger partial charge in [-0.3, -0.25) is 9.59 Å². The van der Waals surface area contributed by atoms with Crippen LogP contribution in [0, 0.1) is 6.92 Å². The first-order chi connectivity index (χ1) is 17.5. The molecule has 4 aromatic rings. The van der Waals surface area contributed by atoms with Crippen LogP contribution >= 0.6 is 0 Å². The third-order valence-corrected chi connectivity index (χ3v) is 6.60. The van der Waals surface area contributed by atoms with Gasteiger partial charge in [0.25, 0.3) is 5.91 Å². The maximum Gasteiger partial charge on any atom is 0.291 e. The van der Waals surface area contributed by atoms with Crippen LogP contribution in [-0.4, -0.2) is 24.5 Å². The highest BCUT2D eigenvalue weighted by atomic mass is 16.5. The minimum Gasteiger partial charge on any atom is -0.497 e. The molecule has 0 saturated heterocycles. The summed E-state index contributed by atoms with van der Waals surface area (Å²) >= 11 is 0. The first-order valence-electron chi connectivity index (χ1n) is 12.2. The molecule has 1 aliphatic heterocycles. The van der Waals surface area contributed by atoms with Crippen LogP contribution in [0.15, 0.2) is 75.9 Å². The van der Waals surface area contributed by atoms with Crippen molar-refractivity contribution in [2.45, 2.75) is 39.3 Å². The summed E-state index contributed by atoms with van der Waals surface area (Å²) in [4.78, 5) is 29.1. The van der Waals surface area contributed by atoms with Gasteiger partial charge >= 0.3 is 0 Å². The first kappa shape index (κ1) is 23.7. The molecule has 2 heterocycles. The van der Waals surface area contributed by atoms with E-state index in [1.165, 1.54) is 0 Å². The Kier molecular flexibility index (Phi) is 6.51. The molecule has 0 fully saturated rings. The molecule has 184 valence electrons. The minimum absolute atomic E-state index is 0.109. The lowest BCUT2D eigenvalue weighted by molar-refractivity contribution is 0.0714. The molecular weight excluding hydrogens is 454 g/mol. The van der Waals surface area contributed by atoms with Crippen LogP contribution in [0.2, 0.25) is 0 Å². The summed E-state index contributed by atoms with van der Waals surface area (Å²) in [5.41, 5.74) is 3.34. The summed E-state index contributed by atoms with van der Waals surface area (Å²) in [7, 11) is 1.62. The second-order valence-corrected chi connectivity index (χ2v) is 9.13. The molecule has 0 aliphatic carbocycles. The number of benzene rings is 3. The zero-order chi connectivity index (χ0) is 25.2. The summed E-state index contributed by atoms with van der Waals surface area (Å²) in [6.45, 7) is 5.03. The Labute approximate surface area is 210 Å². The van der Waals surface area contributed by atoms with Crippen molar-refractivity contribution in [1.82, 2.24) is 4.90 Å². The number of amides is 1. The summed E-state index contributed by atoms with van der Waals surface area (Å²) in [5.74, 6) is 1.31.